The van der Waals surface area contributed by atoms with Gasteiger partial charge in [-0.1, -0.05) is 17.7 Å². The van der Waals surface area contributed by atoms with Crippen LogP contribution in [0.3, 0.4) is 0 Å². The molecule has 0 bridgehead atoms. The van der Waals surface area contributed by atoms with Crippen molar-refractivity contribution in [3.05, 3.63) is 28.8 Å². The third-order valence-corrected chi connectivity index (χ3v) is 3.64. The van der Waals surface area contributed by atoms with E-state index in [9.17, 15) is 4.79 Å². The van der Waals surface area contributed by atoms with Gasteiger partial charge in [0.25, 0.3) is 5.91 Å². The van der Waals surface area contributed by atoms with Crippen LogP contribution in [0.5, 0.6) is 0 Å². The summed E-state index contributed by atoms with van der Waals surface area (Å²) in [6.45, 7) is 4.05. The van der Waals surface area contributed by atoms with Gasteiger partial charge in [0.1, 0.15) is 0 Å². The molecule has 0 spiro atoms. The second-order valence-corrected chi connectivity index (χ2v) is 5.24. The van der Waals surface area contributed by atoms with Gasteiger partial charge in [0, 0.05) is 16.4 Å². The standard InChI is InChI=1S/C14H18ClN3O/c1-9-12(15)4-3-5-13(9)16-8-14(19)18-17-10(2)11-6-7-11/h3-5,11,16H,6-8H2,1-2H3,(H,18,19)/b17-10-. The smallest absolute Gasteiger partial charge is 0.259 e. The average molecular weight is 280 g/mol. The first-order valence-corrected chi connectivity index (χ1v) is 6.77. The minimum Gasteiger partial charge on any atom is -0.376 e. The minimum absolute atomic E-state index is 0.153. The van der Waals surface area contributed by atoms with Gasteiger partial charge in [-0.05, 0) is 50.3 Å². The molecule has 19 heavy (non-hydrogen) atoms. The van der Waals surface area contributed by atoms with Crippen molar-refractivity contribution in [3.63, 3.8) is 0 Å². The highest BCUT2D eigenvalue weighted by molar-refractivity contribution is 6.31. The van der Waals surface area contributed by atoms with E-state index in [1.165, 1.54) is 12.8 Å². The molecule has 0 aliphatic heterocycles. The molecule has 0 saturated heterocycles. The minimum atomic E-state index is -0.153. The number of rotatable bonds is 5. The summed E-state index contributed by atoms with van der Waals surface area (Å²) in [5.74, 6) is 0.419. The summed E-state index contributed by atoms with van der Waals surface area (Å²) in [6, 6.07) is 5.57. The SMILES string of the molecule is C/C(=N/NC(=O)CNc1cccc(Cl)c1C)C1CC1. The van der Waals surface area contributed by atoms with Crippen molar-refractivity contribution >= 4 is 28.9 Å². The molecule has 0 radical (unpaired) electrons. The van der Waals surface area contributed by atoms with E-state index in [1.54, 1.807) is 0 Å². The molecule has 1 aliphatic rings. The maximum absolute atomic E-state index is 11.6. The van der Waals surface area contributed by atoms with Crippen molar-refractivity contribution < 1.29 is 4.79 Å². The number of carbonyl (C=O) groups excluding carboxylic acids is 1. The van der Waals surface area contributed by atoms with Crippen molar-refractivity contribution in [2.45, 2.75) is 26.7 Å². The highest BCUT2D eigenvalue weighted by atomic mass is 35.5. The Morgan fingerprint density at radius 2 is 2.21 bits per heavy atom. The second-order valence-electron chi connectivity index (χ2n) is 4.83. The van der Waals surface area contributed by atoms with E-state index in [1.807, 2.05) is 32.0 Å². The van der Waals surface area contributed by atoms with Gasteiger partial charge < -0.3 is 5.32 Å². The second kappa shape index (κ2) is 6.06. The number of anilines is 1. The van der Waals surface area contributed by atoms with E-state index in [2.05, 4.69) is 15.8 Å². The Kier molecular flexibility index (Phi) is 4.43. The number of nitrogens with one attached hydrogen (secondary N) is 2. The molecule has 0 heterocycles. The molecule has 1 saturated carbocycles. The molecule has 4 nitrogen and oxygen atoms in total. The lowest BCUT2D eigenvalue weighted by Crippen LogP contribution is -2.27. The average Bonchev–Trinajstić information content (AvgIpc) is 3.22. The van der Waals surface area contributed by atoms with E-state index < -0.39 is 0 Å². The Hall–Kier alpha value is -1.55. The molecule has 2 N–H and O–H groups in total. The molecule has 5 heteroatoms. The fourth-order valence-electron chi connectivity index (χ4n) is 1.76. The van der Waals surface area contributed by atoms with Crippen LogP contribution in [-0.4, -0.2) is 18.2 Å². The fraction of sp³-hybridized carbons (Fsp3) is 0.429. The van der Waals surface area contributed by atoms with Crippen LogP contribution in [0.1, 0.15) is 25.3 Å². The molecule has 102 valence electrons. The first-order valence-electron chi connectivity index (χ1n) is 6.40. The number of hydrazone groups is 1. The summed E-state index contributed by atoms with van der Waals surface area (Å²) in [5, 5.41) is 7.83. The van der Waals surface area contributed by atoms with Crippen molar-refractivity contribution in [2.75, 3.05) is 11.9 Å². The number of nitrogens with zero attached hydrogens (tertiary/aromatic N) is 1. The highest BCUT2D eigenvalue weighted by Gasteiger charge is 2.24. The molecule has 0 aromatic heterocycles. The molecule has 0 atom stereocenters. The molecule has 1 aromatic rings. The van der Waals surface area contributed by atoms with Gasteiger partial charge in [-0.2, -0.15) is 5.10 Å². The zero-order valence-corrected chi connectivity index (χ0v) is 11.9. The number of amides is 1. The van der Waals surface area contributed by atoms with E-state index in [-0.39, 0.29) is 12.5 Å². The molecular weight excluding hydrogens is 262 g/mol. The molecule has 2 rings (SSSR count). The van der Waals surface area contributed by atoms with Gasteiger partial charge in [0.05, 0.1) is 6.54 Å². The molecule has 0 unspecified atom stereocenters. The zero-order chi connectivity index (χ0) is 13.8. The quantitative estimate of drug-likeness (QED) is 0.643. The summed E-state index contributed by atoms with van der Waals surface area (Å²) in [4.78, 5) is 11.6. The van der Waals surface area contributed by atoms with Crippen LogP contribution in [0.4, 0.5) is 5.69 Å². The lowest BCUT2D eigenvalue weighted by atomic mass is 10.2. The first kappa shape index (κ1) is 13.9. The van der Waals surface area contributed by atoms with Gasteiger partial charge in [-0.3, -0.25) is 4.79 Å². The normalized spacial score (nSPS) is 15.2. The van der Waals surface area contributed by atoms with E-state index >= 15 is 0 Å². The summed E-state index contributed by atoms with van der Waals surface area (Å²) in [6.07, 6.45) is 2.37. The largest absolute Gasteiger partial charge is 0.376 e. The van der Waals surface area contributed by atoms with E-state index in [4.69, 9.17) is 11.6 Å². The Morgan fingerprint density at radius 1 is 1.47 bits per heavy atom. The molecular formula is C14H18ClN3O. The number of carbonyl (C=O) groups is 1. The maximum atomic E-state index is 11.6. The number of halogens is 1. The molecule has 1 aliphatic carbocycles. The highest BCUT2D eigenvalue weighted by Crippen LogP contribution is 2.30. The fourth-order valence-corrected chi connectivity index (χ4v) is 1.93. The van der Waals surface area contributed by atoms with Crippen molar-refractivity contribution in [3.8, 4) is 0 Å². The van der Waals surface area contributed by atoms with Gasteiger partial charge in [-0.15, -0.1) is 0 Å². The van der Waals surface area contributed by atoms with Crippen LogP contribution < -0.4 is 10.7 Å². The predicted octanol–water partition coefficient (Wildman–Crippen LogP) is 2.96. The van der Waals surface area contributed by atoms with Crippen LogP contribution in [0, 0.1) is 12.8 Å². The molecule has 1 amide bonds. The van der Waals surface area contributed by atoms with Crippen molar-refractivity contribution in [1.82, 2.24) is 5.43 Å². The van der Waals surface area contributed by atoms with E-state index in [0.29, 0.717) is 10.9 Å². The van der Waals surface area contributed by atoms with Crippen LogP contribution in [0.15, 0.2) is 23.3 Å². The maximum Gasteiger partial charge on any atom is 0.259 e. The Morgan fingerprint density at radius 3 is 2.89 bits per heavy atom. The Balaban J connectivity index is 1.83. The van der Waals surface area contributed by atoms with Crippen LogP contribution >= 0.6 is 11.6 Å². The zero-order valence-electron chi connectivity index (χ0n) is 11.2. The third-order valence-electron chi connectivity index (χ3n) is 3.23. The molecule has 1 aromatic carbocycles. The summed E-state index contributed by atoms with van der Waals surface area (Å²) in [7, 11) is 0. The number of hydrogen-bond donors (Lipinski definition) is 2. The van der Waals surface area contributed by atoms with Crippen molar-refractivity contribution in [1.29, 1.82) is 0 Å². The van der Waals surface area contributed by atoms with E-state index in [0.717, 1.165) is 17.0 Å². The summed E-state index contributed by atoms with van der Waals surface area (Å²) in [5.41, 5.74) is 5.37. The van der Waals surface area contributed by atoms with Crippen LogP contribution in [-0.2, 0) is 4.79 Å². The number of benzene rings is 1. The Labute approximate surface area is 118 Å². The van der Waals surface area contributed by atoms with Crippen LogP contribution in [0.25, 0.3) is 0 Å². The third kappa shape index (κ3) is 3.96. The van der Waals surface area contributed by atoms with Gasteiger partial charge >= 0.3 is 0 Å². The summed E-state index contributed by atoms with van der Waals surface area (Å²) >= 11 is 6.01. The van der Waals surface area contributed by atoms with Gasteiger partial charge in [-0.25, -0.2) is 5.43 Å². The lowest BCUT2D eigenvalue weighted by molar-refractivity contribution is -0.119. The first-order chi connectivity index (χ1) is 9.08. The topological polar surface area (TPSA) is 53.5 Å². The predicted molar refractivity (Wildman–Crippen MR) is 78.7 cm³/mol. The lowest BCUT2D eigenvalue weighted by Gasteiger charge is -2.09. The number of hydrogen-bond acceptors (Lipinski definition) is 3. The van der Waals surface area contributed by atoms with Gasteiger partial charge in [0.15, 0.2) is 0 Å². The van der Waals surface area contributed by atoms with Crippen LogP contribution in [0.2, 0.25) is 5.02 Å². The monoisotopic (exact) mass is 279 g/mol. The van der Waals surface area contributed by atoms with Crippen molar-refractivity contribution in [2.24, 2.45) is 11.0 Å². The Bertz CT molecular complexity index is 509. The summed E-state index contributed by atoms with van der Waals surface area (Å²) < 4.78 is 0. The molecule has 1 fully saturated rings. The van der Waals surface area contributed by atoms with Gasteiger partial charge in [0.2, 0.25) is 0 Å².